The third-order valence-corrected chi connectivity index (χ3v) is 2.46. The fourth-order valence-electron chi connectivity index (χ4n) is 1.45. The minimum atomic E-state index is 0.0301. The Morgan fingerprint density at radius 1 is 0.810 bits per heavy atom. The molecule has 21 heavy (non-hydrogen) atoms. The van der Waals surface area contributed by atoms with Gasteiger partial charge >= 0.3 is 0 Å². The van der Waals surface area contributed by atoms with Crippen LogP contribution in [0.4, 0.5) is 0 Å². The van der Waals surface area contributed by atoms with Gasteiger partial charge in [-0.05, 0) is 24.3 Å². The monoisotopic (exact) mass is 295 g/mol. The van der Waals surface area contributed by atoms with Crippen molar-refractivity contribution in [2.45, 2.75) is 0 Å². The number of nitrogens with zero attached hydrogens (tertiary/aromatic N) is 1. The molecule has 1 aromatic rings. The summed E-state index contributed by atoms with van der Waals surface area (Å²) in [6.07, 6.45) is 0. The molecule has 0 heterocycles. The third kappa shape index (κ3) is 9.00. The van der Waals surface area contributed by atoms with E-state index in [1.165, 1.54) is 0 Å². The molecule has 6 heteroatoms. The fraction of sp³-hybridized carbons (Fsp3) is 0.533. The highest BCUT2D eigenvalue weighted by molar-refractivity contribution is 5.34. The van der Waals surface area contributed by atoms with Crippen LogP contribution in [0.15, 0.2) is 24.3 Å². The van der Waals surface area contributed by atoms with Gasteiger partial charge in [0.15, 0.2) is 0 Å². The Balaban J connectivity index is 1.89. The van der Waals surface area contributed by atoms with Crippen molar-refractivity contribution in [1.82, 2.24) is 0 Å². The first-order chi connectivity index (χ1) is 10.4. The second-order valence-electron chi connectivity index (χ2n) is 4.05. The Hall–Kier alpha value is -1.65. The number of aliphatic hydroxyl groups excluding tert-OH is 1. The average Bonchev–Trinajstić information content (AvgIpc) is 2.53. The van der Waals surface area contributed by atoms with E-state index in [0.29, 0.717) is 51.8 Å². The maximum atomic E-state index is 8.66. The largest absolute Gasteiger partial charge is 0.491 e. The lowest BCUT2D eigenvalue weighted by Gasteiger charge is -2.08. The van der Waals surface area contributed by atoms with Gasteiger partial charge in [-0.15, -0.1) is 0 Å². The molecule has 1 rings (SSSR count). The molecule has 116 valence electrons. The Bertz CT molecular complexity index is 402. The van der Waals surface area contributed by atoms with Gasteiger partial charge in [0, 0.05) is 0 Å². The Morgan fingerprint density at radius 3 is 1.86 bits per heavy atom. The summed E-state index contributed by atoms with van der Waals surface area (Å²) < 4.78 is 21.1. The summed E-state index contributed by atoms with van der Waals surface area (Å²) >= 11 is 0. The van der Waals surface area contributed by atoms with Crippen LogP contribution in [0.3, 0.4) is 0 Å². The van der Waals surface area contributed by atoms with Crippen molar-refractivity contribution < 1.29 is 24.1 Å². The second kappa shape index (κ2) is 12.1. The predicted molar refractivity (Wildman–Crippen MR) is 76.2 cm³/mol. The summed E-state index contributed by atoms with van der Waals surface area (Å²) in [5.41, 5.74) is 0.610. The van der Waals surface area contributed by atoms with Gasteiger partial charge < -0.3 is 24.1 Å². The molecule has 0 aliphatic carbocycles. The van der Waals surface area contributed by atoms with Crippen molar-refractivity contribution >= 4 is 0 Å². The molecule has 1 N–H and O–H groups in total. The number of aliphatic hydroxyl groups is 1. The number of rotatable bonds is 12. The number of hydrogen-bond donors (Lipinski definition) is 1. The predicted octanol–water partition coefficient (Wildman–Crippen LogP) is 0.979. The highest BCUT2D eigenvalue weighted by Gasteiger charge is 1.95. The highest BCUT2D eigenvalue weighted by atomic mass is 16.6. The molecule has 0 amide bonds. The Labute approximate surface area is 124 Å². The van der Waals surface area contributed by atoms with Crippen LogP contribution in [0, 0.1) is 11.3 Å². The first-order valence-corrected chi connectivity index (χ1v) is 6.84. The zero-order chi connectivity index (χ0) is 15.2. The van der Waals surface area contributed by atoms with Gasteiger partial charge in [0.2, 0.25) is 0 Å². The quantitative estimate of drug-likeness (QED) is 0.579. The molecule has 0 atom stereocenters. The van der Waals surface area contributed by atoms with Gasteiger partial charge in [-0.25, -0.2) is 0 Å². The average molecular weight is 295 g/mol. The van der Waals surface area contributed by atoms with Crippen LogP contribution in [0.1, 0.15) is 5.56 Å². The van der Waals surface area contributed by atoms with Gasteiger partial charge in [-0.3, -0.25) is 0 Å². The van der Waals surface area contributed by atoms with E-state index in [0.717, 1.165) is 5.75 Å². The first kappa shape index (κ1) is 17.4. The van der Waals surface area contributed by atoms with Crippen LogP contribution in [-0.4, -0.2) is 58.0 Å². The summed E-state index contributed by atoms with van der Waals surface area (Å²) in [6, 6.07) is 8.99. The summed E-state index contributed by atoms with van der Waals surface area (Å²) in [5, 5.41) is 17.2. The molecule has 0 bridgehead atoms. The molecule has 0 fully saturated rings. The van der Waals surface area contributed by atoms with Gasteiger partial charge in [0.1, 0.15) is 12.4 Å². The highest BCUT2D eigenvalue weighted by Crippen LogP contribution is 2.11. The molecule has 0 aliphatic rings. The van der Waals surface area contributed by atoms with Crippen LogP contribution in [0.2, 0.25) is 0 Å². The van der Waals surface area contributed by atoms with E-state index in [1.54, 1.807) is 24.3 Å². The van der Waals surface area contributed by atoms with E-state index in [1.807, 2.05) is 0 Å². The first-order valence-electron chi connectivity index (χ1n) is 6.84. The van der Waals surface area contributed by atoms with Crippen molar-refractivity contribution in [2.75, 3.05) is 52.9 Å². The molecular formula is C15H21NO5. The maximum absolute atomic E-state index is 8.66. The molecule has 0 aromatic heterocycles. The lowest BCUT2D eigenvalue weighted by atomic mass is 10.2. The number of hydrogen-bond acceptors (Lipinski definition) is 6. The van der Waals surface area contributed by atoms with E-state index in [9.17, 15) is 0 Å². The molecule has 6 nitrogen and oxygen atoms in total. The van der Waals surface area contributed by atoms with Gasteiger partial charge in [-0.2, -0.15) is 5.26 Å². The molecule has 0 saturated heterocycles. The van der Waals surface area contributed by atoms with Crippen molar-refractivity contribution in [1.29, 1.82) is 5.26 Å². The third-order valence-electron chi connectivity index (χ3n) is 2.46. The van der Waals surface area contributed by atoms with Crippen molar-refractivity contribution in [3.05, 3.63) is 29.8 Å². The summed E-state index contributed by atoms with van der Waals surface area (Å²) in [5.74, 6) is 0.717. The SMILES string of the molecule is N#Cc1ccc(OCCOCCOCCOCCO)cc1. The molecule has 0 unspecified atom stereocenters. The smallest absolute Gasteiger partial charge is 0.119 e. The van der Waals surface area contributed by atoms with Crippen LogP contribution in [0.5, 0.6) is 5.75 Å². The second-order valence-corrected chi connectivity index (χ2v) is 4.05. The number of benzene rings is 1. The van der Waals surface area contributed by atoms with Gasteiger partial charge in [0.05, 0.1) is 57.9 Å². The van der Waals surface area contributed by atoms with Crippen LogP contribution in [0.25, 0.3) is 0 Å². The van der Waals surface area contributed by atoms with E-state index in [-0.39, 0.29) is 6.61 Å². The number of nitriles is 1. The van der Waals surface area contributed by atoms with Crippen LogP contribution in [-0.2, 0) is 14.2 Å². The topological polar surface area (TPSA) is 80.9 Å². The van der Waals surface area contributed by atoms with Gasteiger partial charge in [0.25, 0.3) is 0 Å². The molecule has 0 radical (unpaired) electrons. The summed E-state index contributed by atoms with van der Waals surface area (Å²) in [7, 11) is 0. The Morgan fingerprint density at radius 2 is 1.33 bits per heavy atom. The standard InChI is InChI=1S/C15H21NO5/c16-13-14-1-3-15(4-2-14)21-12-11-20-10-9-19-8-7-18-6-5-17/h1-4,17H,5-12H2. The fourth-order valence-corrected chi connectivity index (χ4v) is 1.45. The number of ether oxygens (including phenoxy) is 4. The van der Waals surface area contributed by atoms with Crippen molar-refractivity contribution in [3.63, 3.8) is 0 Å². The van der Waals surface area contributed by atoms with E-state index in [4.69, 9.17) is 29.3 Å². The molecule has 0 spiro atoms. The molecule has 0 aliphatic heterocycles. The van der Waals surface area contributed by atoms with Crippen molar-refractivity contribution in [2.24, 2.45) is 0 Å². The zero-order valence-corrected chi connectivity index (χ0v) is 12.0. The summed E-state index contributed by atoms with van der Waals surface area (Å²) in [6.45, 7) is 3.26. The van der Waals surface area contributed by atoms with Crippen molar-refractivity contribution in [3.8, 4) is 11.8 Å². The normalized spacial score (nSPS) is 10.3. The lowest BCUT2D eigenvalue weighted by molar-refractivity contribution is 0.00361. The lowest BCUT2D eigenvalue weighted by Crippen LogP contribution is -2.13. The van der Waals surface area contributed by atoms with E-state index < -0.39 is 0 Å². The zero-order valence-electron chi connectivity index (χ0n) is 12.0. The minimum absolute atomic E-state index is 0.0301. The molecular weight excluding hydrogens is 274 g/mol. The van der Waals surface area contributed by atoms with Crippen LogP contribution < -0.4 is 4.74 Å². The molecule has 1 aromatic carbocycles. The van der Waals surface area contributed by atoms with E-state index in [2.05, 4.69) is 6.07 Å². The minimum Gasteiger partial charge on any atom is -0.491 e. The molecule has 0 saturated carbocycles. The van der Waals surface area contributed by atoms with Gasteiger partial charge in [-0.1, -0.05) is 0 Å². The maximum Gasteiger partial charge on any atom is 0.119 e. The van der Waals surface area contributed by atoms with Crippen LogP contribution >= 0.6 is 0 Å². The summed E-state index contributed by atoms with van der Waals surface area (Å²) in [4.78, 5) is 0. The van der Waals surface area contributed by atoms with E-state index >= 15 is 0 Å². The Kier molecular flexibility index (Phi) is 10.0.